The molecule has 0 spiro atoms. The molecule has 0 saturated carbocycles. The molecule has 1 rings (SSSR count). The van der Waals surface area contributed by atoms with E-state index in [1.165, 1.54) is 0 Å². The monoisotopic (exact) mass is 258 g/mol. The molecule has 18 heavy (non-hydrogen) atoms. The number of carbonyl (C=O) groups is 1. The highest BCUT2D eigenvalue weighted by Crippen LogP contribution is 2.29. The van der Waals surface area contributed by atoms with Crippen LogP contribution < -0.4 is 10.6 Å². The number of hydrogen-bond acceptors (Lipinski definition) is 3. The predicted molar refractivity (Wildman–Crippen MR) is 70.5 cm³/mol. The summed E-state index contributed by atoms with van der Waals surface area (Å²) in [6.45, 7) is 6.31. The lowest BCUT2D eigenvalue weighted by atomic mass is 9.79. The molecule has 5 heteroatoms. The van der Waals surface area contributed by atoms with E-state index in [-0.39, 0.29) is 24.1 Å². The predicted octanol–water partition coefficient (Wildman–Crippen LogP) is 1.26. The van der Waals surface area contributed by atoms with Gasteiger partial charge in [-0.25, -0.2) is 4.79 Å². The Morgan fingerprint density at radius 3 is 2.67 bits per heavy atom. The van der Waals surface area contributed by atoms with Crippen LogP contribution in [-0.2, 0) is 4.74 Å². The maximum Gasteiger partial charge on any atom is 0.315 e. The van der Waals surface area contributed by atoms with Crippen molar-refractivity contribution in [2.75, 3.05) is 26.4 Å². The molecular weight excluding hydrogens is 232 g/mol. The standard InChI is InChI=1S/C13H26N2O3/c1-3-13(4-2,6-7-16)10-14-12(17)15-11-5-8-18-9-11/h11,16H,3-10H2,1-2H3,(H2,14,15,17). The average Bonchev–Trinajstić information content (AvgIpc) is 2.87. The second-order valence-corrected chi connectivity index (χ2v) is 5.07. The molecule has 3 N–H and O–H groups in total. The number of aliphatic hydroxyl groups is 1. The fourth-order valence-corrected chi connectivity index (χ4v) is 2.33. The third-order valence-electron chi connectivity index (χ3n) is 4.03. The van der Waals surface area contributed by atoms with Gasteiger partial charge in [-0.15, -0.1) is 0 Å². The first kappa shape index (κ1) is 15.2. The van der Waals surface area contributed by atoms with Crippen LogP contribution in [0.1, 0.15) is 39.5 Å². The van der Waals surface area contributed by atoms with E-state index in [1.807, 2.05) is 0 Å². The number of carbonyl (C=O) groups excluding carboxylic acids is 1. The van der Waals surface area contributed by atoms with Crippen LogP contribution in [0.5, 0.6) is 0 Å². The molecule has 5 nitrogen and oxygen atoms in total. The van der Waals surface area contributed by atoms with Crippen molar-refractivity contribution in [2.24, 2.45) is 5.41 Å². The summed E-state index contributed by atoms with van der Waals surface area (Å²) in [6, 6.07) is 0.00945. The van der Waals surface area contributed by atoms with Crippen LogP contribution in [0.15, 0.2) is 0 Å². The molecule has 0 aromatic rings. The molecule has 0 aromatic carbocycles. The first-order valence-electron chi connectivity index (χ1n) is 6.88. The van der Waals surface area contributed by atoms with Gasteiger partial charge >= 0.3 is 6.03 Å². The van der Waals surface area contributed by atoms with Crippen LogP contribution in [0.3, 0.4) is 0 Å². The summed E-state index contributed by atoms with van der Waals surface area (Å²) < 4.78 is 5.21. The molecule has 1 aliphatic rings. The third-order valence-corrected chi connectivity index (χ3v) is 4.03. The maximum absolute atomic E-state index is 11.7. The Balaban J connectivity index is 2.33. The van der Waals surface area contributed by atoms with Crippen LogP contribution in [0, 0.1) is 5.41 Å². The summed E-state index contributed by atoms with van der Waals surface area (Å²) in [6.07, 6.45) is 3.53. The zero-order valence-electron chi connectivity index (χ0n) is 11.5. The SMILES string of the molecule is CCC(CC)(CCO)CNC(=O)NC1CCOC1. The Morgan fingerprint density at radius 1 is 1.44 bits per heavy atom. The third kappa shape index (κ3) is 4.46. The Bertz CT molecular complexity index is 249. The van der Waals surface area contributed by atoms with Gasteiger partial charge in [-0.2, -0.15) is 0 Å². The Kier molecular flexibility index (Phi) is 6.43. The lowest BCUT2D eigenvalue weighted by Crippen LogP contribution is -2.46. The molecule has 1 unspecified atom stereocenters. The number of amides is 2. The van der Waals surface area contributed by atoms with Crippen LogP contribution in [0.4, 0.5) is 4.79 Å². The molecular formula is C13H26N2O3. The second kappa shape index (κ2) is 7.59. The lowest BCUT2D eigenvalue weighted by molar-refractivity contribution is 0.161. The summed E-state index contributed by atoms with van der Waals surface area (Å²) in [5.74, 6) is 0. The largest absolute Gasteiger partial charge is 0.396 e. The first-order chi connectivity index (χ1) is 8.65. The Labute approximate surface area is 109 Å². The molecule has 0 aliphatic carbocycles. The number of nitrogens with one attached hydrogen (secondary N) is 2. The highest BCUT2D eigenvalue weighted by Gasteiger charge is 2.26. The molecule has 1 fully saturated rings. The van der Waals surface area contributed by atoms with E-state index >= 15 is 0 Å². The maximum atomic E-state index is 11.7. The number of urea groups is 1. The summed E-state index contributed by atoms with van der Waals surface area (Å²) in [5, 5.41) is 14.9. The minimum atomic E-state index is -0.130. The highest BCUT2D eigenvalue weighted by atomic mass is 16.5. The van der Waals surface area contributed by atoms with E-state index in [0.717, 1.165) is 32.3 Å². The van der Waals surface area contributed by atoms with Crippen molar-refractivity contribution in [3.8, 4) is 0 Å². The van der Waals surface area contributed by atoms with Crippen LogP contribution in [0.2, 0.25) is 0 Å². The van der Waals surface area contributed by atoms with Gasteiger partial charge in [0.15, 0.2) is 0 Å². The minimum Gasteiger partial charge on any atom is -0.396 e. The molecule has 1 atom stereocenters. The lowest BCUT2D eigenvalue weighted by Gasteiger charge is -2.31. The van der Waals surface area contributed by atoms with Crippen molar-refractivity contribution in [3.63, 3.8) is 0 Å². The number of hydrogen-bond donors (Lipinski definition) is 3. The molecule has 1 heterocycles. The van der Waals surface area contributed by atoms with Crippen LogP contribution in [0.25, 0.3) is 0 Å². The van der Waals surface area contributed by atoms with Crippen LogP contribution in [-0.4, -0.2) is 43.5 Å². The smallest absolute Gasteiger partial charge is 0.315 e. The van der Waals surface area contributed by atoms with E-state index in [2.05, 4.69) is 24.5 Å². The van der Waals surface area contributed by atoms with E-state index in [0.29, 0.717) is 13.2 Å². The Morgan fingerprint density at radius 2 is 2.17 bits per heavy atom. The van der Waals surface area contributed by atoms with E-state index in [4.69, 9.17) is 9.84 Å². The van der Waals surface area contributed by atoms with Crippen LogP contribution >= 0.6 is 0 Å². The number of ether oxygens (including phenoxy) is 1. The molecule has 0 bridgehead atoms. The summed E-state index contributed by atoms with van der Waals surface area (Å²) in [7, 11) is 0. The van der Waals surface area contributed by atoms with Gasteiger partial charge in [-0.3, -0.25) is 0 Å². The van der Waals surface area contributed by atoms with Crippen molar-refractivity contribution in [3.05, 3.63) is 0 Å². The minimum absolute atomic E-state index is 0.0122. The van der Waals surface area contributed by atoms with Gasteiger partial charge in [0.05, 0.1) is 12.6 Å². The van der Waals surface area contributed by atoms with Crippen molar-refractivity contribution in [1.82, 2.24) is 10.6 Å². The van der Waals surface area contributed by atoms with Gasteiger partial charge in [-0.1, -0.05) is 13.8 Å². The van der Waals surface area contributed by atoms with Gasteiger partial charge in [-0.05, 0) is 31.1 Å². The quantitative estimate of drug-likeness (QED) is 0.644. The summed E-state index contributed by atoms with van der Waals surface area (Å²) in [4.78, 5) is 11.7. The van der Waals surface area contributed by atoms with E-state index in [1.54, 1.807) is 0 Å². The first-order valence-corrected chi connectivity index (χ1v) is 6.88. The zero-order valence-corrected chi connectivity index (χ0v) is 11.5. The van der Waals surface area contributed by atoms with Gasteiger partial charge in [0.1, 0.15) is 0 Å². The fraction of sp³-hybridized carbons (Fsp3) is 0.923. The van der Waals surface area contributed by atoms with E-state index < -0.39 is 0 Å². The van der Waals surface area contributed by atoms with Gasteiger partial charge in [0.2, 0.25) is 0 Å². The summed E-state index contributed by atoms with van der Waals surface area (Å²) in [5.41, 5.74) is 0.0122. The highest BCUT2D eigenvalue weighted by molar-refractivity contribution is 5.74. The van der Waals surface area contributed by atoms with Crippen molar-refractivity contribution in [1.29, 1.82) is 0 Å². The number of aliphatic hydroxyl groups excluding tert-OH is 1. The summed E-state index contributed by atoms with van der Waals surface area (Å²) >= 11 is 0. The molecule has 1 saturated heterocycles. The van der Waals surface area contributed by atoms with Gasteiger partial charge in [0.25, 0.3) is 0 Å². The normalized spacial score (nSPS) is 19.8. The molecule has 106 valence electrons. The number of rotatable bonds is 7. The topological polar surface area (TPSA) is 70.6 Å². The zero-order chi connectivity index (χ0) is 13.4. The molecule has 1 aliphatic heterocycles. The fourth-order valence-electron chi connectivity index (χ4n) is 2.33. The van der Waals surface area contributed by atoms with Crippen molar-refractivity contribution >= 4 is 6.03 Å². The van der Waals surface area contributed by atoms with Crippen molar-refractivity contribution in [2.45, 2.75) is 45.6 Å². The van der Waals surface area contributed by atoms with Crippen molar-refractivity contribution < 1.29 is 14.6 Å². The van der Waals surface area contributed by atoms with E-state index in [9.17, 15) is 4.79 Å². The Hall–Kier alpha value is -0.810. The molecule has 0 radical (unpaired) electrons. The molecule has 2 amide bonds. The van der Waals surface area contributed by atoms with Gasteiger partial charge in [0, 0.05) is 19.8 Å². The second-order valence-electron chi connectivity index (χ2n) is 5.07. The molecule has 0 aromatic heterocycles. The van der Waals surface area contributed by atoms with Gasteiger partial charge < -0.3 is 20.5 Å². The average molecular weight is 258 g/mol.